The molecule has 0 spiro atoms. The van der Waals surface area contributed by atoms with Crippen LogP contribution in [0.15, 0.2) is 134 Å². The summed E-state index contributed by atoms with van der Waals surface area (Å²) in [5.41, 5.74) is 2.20. The van der Waals surface area contributed by atoms with Crippen molar-refractivity contribution >= 4 is 17.9 Å². The van der Waals surface area contributed by atoms with Gasteiger partial charge >= 0.3 is 0 Å². The zero-order chi connectivity index (χ0) is 21.5. The first-order chi connectivity index (χ1) is 15.2. The maximum atomic E-state index is 14.7. The van der Waals surface area contributed by atoms with Gasteiger partial charge in [0.1, 0.15) is 0 Å². The Bertz CT molecular complexity index is 1100. The number of hydrogen-bond donors (Lipinski definition) is 1. The summed E-state index contributed by atoms with van der Waals surface area (Å²) in [5, 5.41) is 5.19. The zero-order valence-electron chi connectivity index (χ0n) is 17.3. The minimum atomic E-state index is -3.13. The van der Waals surface area contributed by atoms with Gasteiger partial charge < -0.3 is 0 Å². The molecule has 2 unspecified atom stereocenters. The van der Waals surface area contributed by atoms with Crippen molar-refractivity contribution < 1.29 is 4.57 Å². The smallest absolute Gasteiger partial charge is 0.205 e. The minimum Gasteiger partial charge on any atom is -0.297 e. The maximum absolute atomic E-state index is 14.7. The highest BCUT2D eigenvalue weighted by atomic mass is 31.2. The van der Waals surface area contributed by atoms with Gasteiger partial charge in [0.25, 0.3) is 0 Å². The second kappa shape index (κ2) is 9.75. The molecule has 0 heterocycles. The van der Waals surface area contributed by atoms with E-state index in [1.165, 1.54) is 0 Å². The largest absolute Gasteiger partial charge is 0.297 e. The SMILES string of the molecule is C=CC(c1ccccc1)C(NP(=O)(c1ccccc1)c1ccccc1)c1ccccc1. The summed E-state index contributed by atoms with van der Waals surface area (Å²) >= 11 is 0. The van der Waals surface area contributed by atoms with Crippen molar-refractivity contribution in [3.63, 3.8) is 0 Å². The van der Waals surface area contributed by atoms with Crippen molar-refractivity contribution in [1.29, 1.82) is 0 Å². The van der Waals surface area contributed by atoms with E-state index in [1.54, 1.807) is 0 Å². The van der Waals surface area contributed by atoms with E-state index in [0.29, 0.717) is 0 Å². The van der Waals surface area contributed by atoms with Gasteiger partial charge in [-0.15, -0.1) is 6.58 Å². The predicted molar refractivity (Wildman–Crippen MR) is 131 cm³/mol. The van der Waals surface area contributed by atoms with Crippen LogP contribution in [0.4, 0.5) is 0 Å². The van der Waals surface area contributed by atoms with Gasteiger partial charge in [-0.25, -0.2) is 0 Å². The van der Waals surface area contributed by atoms with Gasteiger partial charge in [-0.2, -0.15) is 0 Å². The van der Waals surface area contributed by atoms with Crippen LogP contribution in [0.2, 0.25) is 0 Å². The third kappa shape index (κ3) is 4.61. The topological polar surface area (TPSA) is 29.1 Å². The highest BCUT2D eigenvalue weighted by Crippen LogP contribution is 2.45. The summed E-state index contributed by atoms with van der Waals surface area (Å²) in [4.78, 5) is 0. The summed E-state index contributed by atoms with van der Waals surface area (Å²) < 4.78 is 14.7. The molecule has 0 aliphatic carbocycles. The molecule has 2 atom stereocenters. The third-order valence-electron chi connectivity index (χ3n) is 5.52. The predicted octanol–water partition coefficient (Wildman–Crippen LogP) is 6.22. The van der Waals surface area contributed by atoms with Crippen molar-refractivity contribution in [3.05, 3.63) is 145 Å². The number of benzene rings is 4. The quantitative estimate of drug-likeness (QED) is 0.269. The molecule has 4 aromatic carbocycles. The van der Waals surface area contributed by atoms with E-state index in [2.05, 4.69) is 35.9 Å². The molecule has 0 bridgehead atoms. The monoisotopic (exact) mass is 423 g/mol. The molecule has 4 rings (SSSR count). The molecule has 2 nitrogen and oxygen atoms in total. The van der Waals surface area contributed by atoms with Crippen LogP contribution in [0.1, 0.15) is 23.1 Å². The first kappa shape index (κ1) is 21.1. The standard InChI is InChI=1S/C28H26NOP/c1-2-27(23-15-7-3-8-16-23)28(24-17-9-4-10-18-24)29-31(30,25-19-11-5-12-20-25)26-21-13-6-14-22-26/h2-22,27-28H,1H2,(H,29,30). The van der Waals surface area contributed by atoms with Gasteiger partial charge in [-0.3, -0.25) is 9.65 Å². The Kier molecular flexibility index (Phi) is 6.62. The van der Waals surface area contributed by atoms with E-state index in [1.807, 2.05) is 103 Å². The van der Waals surface area contributed by atoms with Crippen LogP contribution in [0.3, 0.4) is 0 Å². The Labute approximate surface area is 184 Å². The highest BCUT2D eigenvalue weighted by Gasteiger charge is 2.33. The Morgan fingerprint density at radius 3 is 1.42 bits per heavy atom. The van der Waals surface area contributed by atoms with Crippen molar-refractivity contribution in [2.75, 3.05) is 0 Å². The molecule has 0 aliphatic rings. The third-order valence-corrected chi connectivity index (χ3v) is 8.21. The van der Waals surface area contributed by atoms with Crippen LogP contribution in [0.5, 0.6) is 0 Å². The van der Waals surface area contributed by atoms with E-state index in [-0.39, 0.29) is 12.0 Å². The van der Waals surface area contributed by atoms with Crippen molar-refractivity contribution in [2.45, 2.75) is 12.0 Å². The molecular formula is C28H26NOP. The van der Waals surface area contributed by atoms with Crippen LogP contribution >= 0.6 is 7.29 Å². The molecule has 0 amide bonds. The summed E-state index contributed by atoms with van der Waals surface area (Å²) in [6.45, 7) is 4.13. The molecule has 1 N–H and O–H groups in total. The second-order valence-corrected chi connectivity index (χ2v) is 9.98. The molecule has 3 heteroatoms. The first-order valence-corrected chi connectivity index (χ1v) is 12.1. The van der Waals surface area contributed by atoms with Gasteiger partial charge in [0, 0.05) is 22.6 Å². The second-order valence-electron chi connectivity index (χ2n) is 7.47. The van der Waals surface area contributed by atoms with Crippen LogP contribution in [0, 0.1) is 0 Å². The van der Waals surface area contributed by atoms with Crippen LogP contribution < -0.4 is 15.7 Å². The normalized spacial score (nSPS) is 13.3. The van der Waals surface area contributed by atoms with Gasteiger partial charge in [0.2, 0.25) is 7.29 Å². The highest BCUT2D eigenvalue weighted by molar-refractivity contribution is 7.76. The van der Waals surface area contributed by atoms with Crippen LogP contribution in [-0.4, -0.2) is 0 Å². The maximum Gasteiger partial charge on any atom is 0.205 e. The molecule has 31 heavy (non-hydrogen) atoms. The Morgan fingerprint density at radius 2 is 1.00 bits per heavy atom. The lowest BCUT2D eigenvalue weighted by Crippen LogP contribution is -2.33. The summed E-state index contributed by atoms with van der Waals surface area (Å²) in [7, 11) is -3.13. The van der Waals surface area contributed by atoms with Crippen molar-refractivity contribution in [3.8, 4) is 0 Å². The summed E-state index contributed by atoms with van der Waals surface area (Å²) in [6.07, 6.45) is 1.94. The summed E-state index contributed by atoms with van der Waals surface area (Å²) in [5.74, 6) is -0.0515. The Hall–Kier alpha value is -3.19. The zero-order valence-corrected chi connectivity index (χ0v) is 18.2. The first-order valence-electron chi connectivity index (χ1n) is 10.4. The lowest BCUT2D eigenvalue weighted by atomic mass is 9.88. The van der Waals surface area contributed by atoms with E-state index < -0.39 is 7.29 Å². The minimum absolute atomic E-state index is 0.0515. The average molecular weight is 423 g/mol. The molecule has 0 saturated heterocycles. The lowest BCUT2D eigenvalue weighted by molar-refractivity contribution is 0.543. The van der Waals surface area contributed by atoms with Crippen LogP contribution in [0.25, 0.3) is 0 Å². The summed E-state index contributed by atoms with van der Waals surface area (Å²) in [6, 6.07) is 39.6. The van der Waals surface area contributed by atoms with Crippen molar-refractivity contribution in [2.24, 2.45) is 0 Å². The van der Waals surface area contributed by atoms with Crippen molar-refractivity contribution in [1.82, 2.24) is 5.09 Å². The van der Waals surface area contributed by atoms with E-state index in [0.717, 1.165) is 21.7 Å². The van der Waals surface area contributed by atoms with Gasteiger partial charge in [-0.1, -0.05) is 103 Å². The molecule has 0 aliphatic heterocycles. The van der Waals surface area contributed by atoms with E-state index in [4.69, 9.17) is 0 Å². The number of rotatable bonds is 8. The fourth-order valence-electron chi connectivity index (χ4n) is 3.93. The molecular weight excluding hydrogens is 397 g/mol. The molecule has 4 aromatic rings. The Morgan fingerprint density at radius 1 is 0.613 bits per heavy atom. The molecule has 0 fully saturated rings. The average Bonchev–Trinajstić information content (AvgIpc) is 2.86. The molecule has 0 aromatic heterocycles. The lowest BCUT2D eigenvalue weighted by Gasteiger charge is -2.32. The van der Waals surface area contributed by atoms with E-state index in [9.17, 15) is 4.57 Å². The van der Waals surface area contributed by atoms with Gasteiger partial charge in [0.05, 0.1) is 0 Å². The molecule has 0 radical (unpaired) electrons. The van der Waals surface area contributed by atoms with Gasteiger partial charge in [-0.05, 0) is 35.4 Å². The fraction of sp³-hybridized carbons (Fsp3) is 0.0714. The molecule has 0 saturated carbocycles. The van der Waals surface area contributed by atoms with Gasteiger partial charge in [0.15, 0.2) is 0 Å². The number of hydrogen-bond acceptors (Lipinski definition) is 1. The van der Waals surface area contributed by atoms with Crippen LogP contribution in [-0.2, 0) is 4.57 Å². The Balaban J connectivity index is 1.86. The van der Waals surface area contributed by atoms with E-state index >= 15 is 0 Å². The fourth-order valence-corrected chi connectivity index (χ4v) is 6.41. The number of nitrogens with one attached hydrogen (secondary N) is 1. The molecule has 154 valence electrons.